The summed E-state index contributed by atoms with van der Waals surface area (Å²) >= 11 is 7.07. The van der Waals surface area contributed by atoms with Crippen molar-refractivity contribution < 1.29 is 4.52 Å². The van der Waals surface area contributed by atoms with E-state index in [1.807, 2.05) is 12.3 Å². The molecule has 0 saturated heterocycles. The molecule has 4 nitrogen and oxygen atoms in total. The molecule has 13 heavy (non-hydrogen) atoms. The minimum absolute atomic E-state index is 0.232. The Kier molecular flexibility index (Phi) is 2.28. The molecule has 0 aliphatic heterocycles. The van der Waals surface area contributed by atoms with Gasteiger partial charge in [-0.05, 0) is 6.92 Å². The highest BCUT2D eigenvalue weighted by molar-refractivity contribution is 7.09. The predicted octanol–water partition coefficient (Wildman–Crippen LogP) is 2.24. The topological polar surface area (TPSA) is 51.8 Å². The van der Waals surface area contributed by atoms with E-state index < -0.39 is 0 Å². The number of rotatable bonds is 2. The highest BCUT2D eigenvalue weighted by atomic mass is 35.5. The fraction of sp³-hybridized carbons (Fsp3) is 0.286. The van der Waals surface area contributed by atoms with Crippen LogP contribution in [0.25, 0.3) is 11.5 Å². The number of halogens is 1. The van der Waals surface area contributed by atoms with Gasteiger partial charge in [0.15, 0.2) is 0 Å². The van der Waals surface area contributed by atoms with Crippen LogP contribution >= 0.6 is 22.9 Å². The molecule has 2 aromatic rings. The molecule has 0 aliphatic rings. The fourth-order valence-electron chi connectivity index (χ4n) is 0.879. The minimum Gasteiger partial charge on any atom is -0.338 e. The largest absolute Gasteiger partial charge is 0.338 e. The van der Waals surface area contributed by atoms with Crippen LogP contribution in [0.1, 0.15) is 10.9 Å². The van der Waals surface area contributed by atoms with E-state index in [0.29, 0.717) is 11.7 Å². The number of hydrogen-bond acceptors (Lipinski definition) is 5. The zero-order chi connectivity index (χ0) is 9.26. The lowest BCUT2D eigenvalue weighted by Gasteiger charge is -1.81. The van der Waals surface area contributed by atoms with Crippen molar-refractivity contribution in [3.63, 3.8) is 0 Å². The average Bonchev–Trinajstić information content (AvgIpc) is 2.71. The van der Waals surface area contributed by atoms with Gasteiger partial charge in [0.25, 0.3) is 0 Å². The van der Waals surface area contributed by atoms with Crippen LogP contribution in [0.3, 0.4) is 0 Å². The molecule has 2 aromatic heterocycles. The lowest BCUT2D eigenvalue weighted by molar-refractivity contribution is 0.391. The third-order valence-corrected chi connectivity index (χ3v) is 2.43. The summed E-state index contributed by atoms with van der Waals surface area (Å²) in [7, 11) is 0. The highest BCUT2D eigenvalue weighted by Gasteiger charge is 2.09. The molecule has 6 heteroatoms. The number of alkyl halides is 1. The molecule has 0 unspecified atom stereocenters. The number of hydrogen-bond donors (Lipinski definition) is 0. The molecule has 68 valence electrons. The summed E-state index contributed by atoms with van der Waals surface area (Å²) in [6.45, 7) is 1.93. The molecule has 0 spiro atoms. The number of nitrogens with zero attached hydrogens (tertiary/aromatic N) is 3. The van der Waals surface area contributed by atoms with Crippen molar-refractivity contribution in [3.8, 4) is 11.5 Å². The van der Waals surface area contributed by atoms with Gasteiger partial charge in [-0.15, -0.1) is 22.9 Å². The monoisotopic (exact) mass is 215 g/mol. The normalized spacial score (nSPS) is 10.6. The standard InChI is InChI=1S/C7H6ClN3OS/c1-4-9-5(3-13-4)7-10-6(2-8)12-11-7/h3H,2H2,1H3. The minimum atomic E-state index is 0.232. The van der Waals surface area contributed by atoms with Crippen LogP contribution in [0.5, 0.6) is 0 Å². The Morgan fingerprint density at radius 3 is 2.92 bits per heavy atom. The highest BCUT2D eigenvalue weighted by Crippen LogP contribution is 2.18. The summed E-state index contributed by atoms with van der Waals surface area (Å²) < 4.78 is 4.85. The smallest absolute Gasteiger partial charge is 0.241 e. The van der Waals surface area contributed by atoms with Crippen molar-refractivity contribution in [3.05, 3.63) is 16.3 Å². The molecule has 2 heterocycles. The summed E-state index contributed by atoms with van der Waals surface area (Å²) in [5, 5.41) is 6.61. The van der Waals surface area contributed by atoms with Gasteiger partial charge in [-0.25, -0.2) is 4.98 Å². The van der Waals surface area contributed by atoms with E-state index in [4.69, 9.17) is 16.1 Å². The molecule has 0 aliphatic carbocycles. The third kappa shape index (κ3) is 1.71. The van der Waals surface area contributed by atoms with E-state index in [1.165, 1.54) is 0 Å². The second kappa shape index (κ2) is 3.43. The van der Waals surface area contributed by atoms with Gasteiger partial charge in [0.2, 0.25) is 11.7 Å². The van der Waals surface area contributed by atoms with Gasteiger partial charge in [0.05, 0.1) is 5.01 Å². The second-order valence-electron chi connectivity index (χ2n) is 2.40. The Labute approximate surface area is 83.6 Å². The van der Waals surface area contributed by atoms with Crippen molar-refractivity contribution in [2.75, 3.05) is 0 Å². The summed E-state index contributed by atoms with van der Waals surface area (Å²) in [4.78, 5) is 8.27. The maximum absolute atomic E-state index is 5.52. The van der Waals surface area contributed by atoms with Crippen LogP contribution < -0.4 is 0 Å². The van der Waals surface area contributed by atoms with Crippen LogP contribution in [-0.2, 0) is 5.88 Å². The zero-order valence-electron chi connectivity index (χ0n) is 6.82. The summed E-state index contributed by atoms with van der Waals surface area (Å²) in [5.74, 6) is 1.15. The first-order chi connectivity index (χ1) is 6.29. The van der Waals surface area contributed by atoms with Gasteiger partial charge in [-0.3, -0.25) is 0 Å². The van der Waals surface area contributed by atoms with Gasteiger partial charge in [-0.1, -0.05) is 5.16 Å². The van der Waals surface area contributed by atoms with Gasteiger partial charge in [0.1, 0.15) is 11.6 Å². The maximum atomic E-state index is 5.52. The van der Waals surface area contributed by atoms with Crippen molar-refractivity contribution in [1.82, 2.24) is 15.1 Å². The van der Waals surface area contributed by atoms with E-state index in [9.17, 15) is 0 Å². The summed E-state index contributed by atoms with van der Waals surface area (Å²) in [6, 6.07) is 0. The Bertz CT molecular complexity index is 411. The summed E-state index contributed by atoms with van der Waals surface area (Å²) in [5.41, 5.74) is 0.739. The van der Waals surface area contributed by atoms with Crippen molar-refractivity contribution in [2.24, 2.45) is 0 Å². The summed E-state index contributed by atoms with van der Waals surface area (Å²) in [6.07, 6.45) is 0. The third-order valence-electron chi connectivity index (χ3n) is 1.43. The molecular formula is C7H6ClN3OS. The fourth-order valence-corrected chi connectivity index (χ4v) is 1.58. The zero-order valence-corrected chi connectivity index (χ0v) is 8.39. The number of aromatic nitrogens is 3. The van der Waals surface area contributed by atoms with Crippen LogP contribution in [0.15, 0.2) is 9.90 Å². The lowest BCUT2D eigenvalue weighted by Crippen LogP contribution is -1.81. The van der Waals surface area contributed by atoms with Gasteiger partial charge >= 0.3 is 0 Å². The van der Waals surface area contributed by atoms with E-state index in [2.05, 4.69) is 15.1 Å². The van der Waals surface area contributed by atoms with Crippen molar-refractivity contribution in [1.29, 1.82) is 0 Å². The second-order valence-corrected chi connectivity index (χ2v) is 3.73. The van der Waals surface area contributed by atoms with Gasteiger partial charge in [0, 0.05) is 5.38 Å². The first-order valence-electron chi connectivity index (χ1n) is 3.60. The Morgan fingerprint density at radius 1 is 1.54 bits per heavy atom. The van der Waals surface area contributed by atoms with Gasteiger partial charge in [-0.2, -0.15) is 4.98 Å². The molecule has 0 fully saturated rings. The molecule has 0 saturated carbocycles. The van der Waals surface area contributed by atoms with Crippen LogP contribution in [0.2, 0.25) is 0 Å². The molecule has 0 N–H and O–H groups in total. The Morgan fingerprint density at radius 2 is 2.38 bits per heavy atom. The maximum Gasteiger partial charge on any atom is 0.241 e. The van der Waals surface area contributed by atoms with E-state index in [0.717, 1.165) is 10.7 Å². The van der Waals surface area contributed by atoms with E-state index >= 15 is 0 Å². The first kappa shape index (κ1) is 8.65. The van der Waals surface area contributed by atoms with E-state index in [-0.39, 0.29) is 5.88 Å². The predicted molar refractivity (Wildman–Crippen MR) is 49.7 cm³/mol. The quantitative estimate of drug-likeness (QED) is 0.721. The van der Waals surface area contributed by atoms with E-state index in [1.54, 1.807) is 11.3 Å². The Balaban J connectivity index is 2.35. The number of aryl methyl sites for hydroxylation is 1. The van der Waals surface area contributed by atoms with Gasteiger partial charge < -0.3 is 4.52 Å². The first-order valence-corrected chi connectivity index (χ1v) is 5.02. The molecule has 0 aromatic carbocycles. The lowest BCUT2D eigenvalue weighted by atomic mass is 10.5. The SMILES string of the molecule is Cc1nc(-c2noc(CCl)n2)cs1. The Hall–Kier alpha value is -0.940. The molecule has 0 radical (unpaired) electrons. The molecular weight excluding hydrogens is 210 g/mol. The average molecular weight is 216 g/mol. The van der Waals surface area contributed by atoms with Crippen molar-refractivity contribution >= 4 is 22.9 Å². The van der Waals surface area contributed by atoms with Crippen LogP contribution in [-0.4, -0.2) is 15.1 Å². The van der Waals surface area contributed by atoms with Crippen LogP contribution in [0.4, 0.5) is 0 Å². The molecule has 2 rings (SSSR count). The molecule has 0 bridgehead atoms. The van der Waals surface area contributed by atoms with Crippen LogP contribution in [0, 0.1) is 6.92 Å². The molecule has 0 atom stereocenters. The van der Waals surface area contributed by atoms with Crippen molar-refractivity contribution in [2.45, 2.75) is 12.8 Å². The molecule has 0 amide bonds. The number of thiazole rings is 1.